The fourth-order valence-electron chi connectivity index (χ4n) is 2.38. The van der Waals surface area contributed by atoms with Crippen LogP contribution in [0.3, 0.4) is 0 Å². The summed E-state index contributed by atoms with van der Waals surface area (Å²) >= 11 is 0. The molecule has 6 heteroatoms. The molecule has 0 aromatic heterocycles. The van der Waals surface area contributed by atoms with E-state index in [0.717, 1.165) is 15.9 Å². The van der Waals surface area contributed by atoms with Crippen molar-refractivity contribution in [2.24, 2.45) is 0 Å². The van der Waals surface area contributed by atoms with Gasteiger partial charge in [0.2, 0.25) is 0 Å². The Kier molecular flexibility index (Phi) is 6.40. The molecule has 0 bridgehead atoms. The van der Waals surface area contributed by atoms with E-state index in [1.165, 1.54) is 6.07 Å². The van der Waals surface area contributed by atoms with Crippen molar-refractivity contribution in [1.82, 2.24) is 0 Å². The van der Waals surface area contributed by atoms with Crippen LogP contribution in [0.4, 0.5) is 0 Å². The van der Waals surface area contributed by atoms with Crippen LogP contribution in [0.2, 0.25) is 0 Å². The Morgan fingerprint density at radius 1 is 0.667 bits per heavy atom. The third kappa shape index (κ3) is 4.36. The Labute approximate surface area is 155 Å². The van der Waals surface area contributed by atoms with Gasteiger partial charge in [0.25, 0.3) is 10.1 Å². The Morgan fingerprint density at radius 3 is 1.58 bits per heavy atom. The summed E-state index contributed by atoms with van der Waals surface area (Å²) in [4.78, 5) is -0.0747. The minimum atomic E-state index is -4.21. The minimum absolute atomic E-state index is 0. The summed E-state index contributed by atoms with van der Waals surface area (Å²) in [6.07, 6.45) is 0. The standard InChI is InChI=1S/C18H15O3PS.Li.H/c19-23(20,21)18-13-7-12-17(14-18)22(15-8-3-1-4-9-15)16-10-5-2-6-11-16;;/h1-14H,(H,19,20,21);;. The third-order valence-corrected chi connectivity index (χ3v) is 6.68. The molecule has 0 unspecified atom stereocenters. The summed E-state index contributed by atoms with van der Waals surface area (Å²) in [7, 11) is -5.10. The summed E-state index contributed by atoms with van der Waals surface area (Å²) in [6, 6.07) is 26.5. The van der Waals surface area contributed by atoms with Crippen LogP contribution in [0.25, 0.3) is 0 Å². The second-order valence-electron chi connectivity index (χ2n) is 4.98. The Hall–Kier alpha value is -1.40. The summed E-state index contributed by atoms with van der Waals surface area (Å²) in [5.41, 5.74) is 0. The van der Waals surface area contributed by atoms with E-state index >= 15 is 0 Å². The molecular weight excluding hydrogens is 334 g/mol. The summed E-state index contributed by atoms with van der Waals surface area (Å²) in [6.45, 7) is 0. The topological polar surface area (TPSA) is 54.4 Å². The number of hydrogen-bond acceptors (Lipinski definition) is 2. The summed E-state index contributed by atoms with van der Waals surface area (Å²) in [5, 5.41) is 3.13. The van der Waals surface area contributed by atoms with E-state index in [-0.39, 0.29) is 23.8 Å². The maximum absolute atomic E-state index is 11.4. The number of benzene rings is 3. The summed E-state index contributed by atoms with van der Waals surface area (Å²) < 4.78 is 32.2. The number of hydrogen-bond donors (Lipinski definition) is 1. The molecule has 0 aliphatic rings. The first-order valence-corrected chi connectivity index (χ1v) is 9.82. The first-order chi connectivity index (χ1) is 11.1. The zero-order valence-electron chi connectivity index (χ0n) is 12.2. The van der Waals surface area contributed by atoms with Gasteiger partial charge in [0.1, 0.15) is 0 Å². The molecule has 0 spiro atoms. The van der Waals surface area contributed by atoms with Gasteiger partial charge >= 0.3 is 18.9 Å². The zero-order valence-corrected chi connectivity index (χ0v) is 13.9. The van der Waals surface area contributed by atoms with E-state index in [4.69, 9.17) is 0 Å². The van der Waals surface area contributed by atoms with E-state index in [0.29, 0.717) is 0 Å². The van der Waals surface area contributed by atoms with Crippen molar-refractivity contribution >= 4 is 52.8 Å². The van der Waals surface area contributed by atoms with Crippen molar-refractivity contribution in [1.29, 1.82) is 0 Å². The molecule has 24 heavy (non-hydrogen) atoms. The molecule has 0 saturated heterocycles. The van der Waals surface area contributed by atoms with Gasteiger partial charge in [0.15, 0.2) is 0 Å². The van der Waals surface area contributed by atoms with Crippen molar-refractivity contribution in [2.45, 2.75) is 4.90 Å². The molecule has 0 radical (unpaired) electrons. The van der Waals surface area contributed by atoms with Gasteiger partial charge in [0, 0.05) is 0 Å². The monoisotopic (exact) mass is 350 g/mol. The third-order valence-electron chi connectivity index (χ3n) is 3.40. The molecular formula is C18H16LiO3PS. The van der Waals surface area contributed by atoms with Gasteiger partial charge in [-0.2, -0.15) is 8.42 Å². The van der Waals surface area contributed by atoms with Crippen LogP contribution in [-0.4, -0.2) is 31.8 Å². The van der Waals surface area contributed by atoms with Crippen LogP contribution in [0.1, 0.15) is 0 Å². The SMILES string of the molecule is O=S(=O)(O)c1cccc(P(c2ccccc2)c2ccccc2)c1.[LiH]. The average Bonchev–Trinajstić information content (AvgIpc) is 2.57. The molecule has 0 heterocycles. The van der Waals surface area contributed by atoms with Crippen LogP contribution in [0.15, 0.2) is 89.8 Å². The second kappa shape index (κ2) is 8.12. The van der Waals surface area contributed by atoms with Crippen LogP contribution >= 0.6 is 7.92 Å². The second-order valence-corrected chi connectivity index (χ2v) is 8.62. The van der Waals surface area contributed by atoms with E-state index < -0.39 is 18.0 Å². The summed E-state index contributed by atoms with van der Waals surface area (Å²) in [5.74, 6) is 0. The average molecular weight is 350 g/mol. The molecule has 3 aromatic rings. The van der Waals surface area contributed by atoms with E-state index in [1.54, 1.807) is 12.1 Å². The first kappa shape index (κ1) is 18.9. The molecule has 0 saturated carbocycles. The van der Waals surface area contributed by atoms with Crippen molar-refractivity contribution < 1.29 is 13.0 Å². The Bertz CT molecular complexity index is 860. The quantitative estimate of drug-likeness (QED) is 0.445. The van der Waals surface area contributed by atoms with Gasteiger partial charge in [-0.15, -0.1) is 0 Å². The van der Waals surface area contributed by atoms with Crippen molar-refractivity contribution in [2.75, 3.05) is 0 Å². The van der Waals surface area contributed by atoms with E-state index in [1.807, 2.05) is 66.7 Å². The fourth-order valence-corrected chi connectivity index (χ4v) is 5.34. The predicted molar refractivity (Wildman–Crippen MR) is 102 cm³/mol. The van der Waals surface area contributed by atoms with E-state index in [9.17, 15) is 13.0 Å². The molecule has 3 aromatic carbocycles. The van der Waals surface area contributed by atoms with Crippen LogP contribution in [0, 0.1) is 0 Å². The van der Waals surface area contributed by atoms with Crippen LogP contribution in [0.5, 0.6) is 0 Å². The van der Waals surface area contributed by atoms with Crippen molar-refractivity contribution in [3.05, 3.63) is 84.9 Å². The Balaban J connectivity index is 0.00000208. The molecule has 0 amide bonds. The van der Waals surface area contributed by atoms with Gasteiger partial charge in [0.05, 0.1) is 4.90 Å². The molecule has 118 valence electrons. The molecule has 3 rings (SSSR count). The number of rotatable bonds is 4. The van der Waals surface area contributed by atoms with Gasteiger partial charge in [-0.3, -0.25) is 4.55 Å². The van der Waals surface area contributed by atoms with Gasteiger partial charge in [-0.05, 0) is 36.0 Å². The molecule has 0 aliphatic heterocycles. The van der Waals surface area contributed by atoms with Gasteiger partial charge < -0.3 is 0 Å². The van der Waals surface area contributed by atoms with Gasteiger partial charge in [-0.25, -0.2) is 0 Å². The van der Waals surface area contributed by atoms with Crippen LogP contribution in [-0.2, 0) is 10.1 Å². The molecule has 1 N–H and O–H groups in total. The van der Waals surface area contributed by atoms with Crippen molar-refractivity contribution in [3.63, 3.8) is 0 Å². The van der Waals surface area contributed by atoms with Crippen molar-refractivity contribution in [3.8, 4) is 0 Å². The van der Waals surface area contributed by atoms with Crippen LogP contribution < -0.4 is 15.9 Å². The molecule has 0 atom stereocenters. The molecule has 0 fully saturated rings. The first-order valence-electron chi connectivity index (χ1n) is 7.03. The fraction of sp³-hybridized carbons (Fsp3) is 0. The van der Waals surface area contributed by atoms with Gasteiger partial charge in [-0.1, -0.05) is 72.8 Å². The van der Waals surface area contributed by atoms with E-state index in [2.05, 4.69) is 0 Å². The normalized spacial score (nSPS) is 11.1. The zero-order chi connectivity index (χ0) is 16.3. The molecule has 3 nitrogen and oxygen atoms in total. The molecule has 0 aliphatic carbocycles. The Morgan fingerprint density at radius 2 is 1.12 bits per heavy atom. The maximum atomic E-state index is 11.4. The predicted octanol–water partition coefficient (Wildman–Crippen LogP) is 2.04.